The Bertz CT molecular complexity index is 4210. The summed E-state index contributed by atoms with van der Waals surface area (Å²) in [7, 11) is 1.68. The smallest absolute Gasteiger partial charge is 0.417 e. The van der Waals surface area contributed by atoms with Gasteiger partial charge in [-0.05, 0) is 102 Å². The van der Waals surface area contributed by atoms with Crippen molar-refractivity contribution in [1.82, 2.24) is 19.9 Å². The van der Waals surface area contributed by atoms with Gasteiger partial charge in [-0.15, -0.1) is 142 Å². The van der Waals surface area contributed by atoms with Crippen LogP contribution in [0.2, 0.25) is 0 Å². The molecule has 0 aliphatic rings. The molecule has 0 amide bonds. The number of para-hydroxylation sites is 1. The number of methoxy groups -OCH3 is 1. The van der Waals surface area contributed by atoms with Crippen molar-refractivity contribution in [3.8, 4) is 95.3 Å². The van der Waals surface area contributed by atoms with Crippen LogP contribution in [0.5, 0.6) is 5.75 Å². The first-order valence-electron chi connectivity index (χ1n) is 28.3. The van der Waals surface area contributed by atoms with E-state index in [-0.39, 0.29) is 116 Å². The monoisotopic (exact) mass is 1850 g/mol. The van der Waals surface area contributed by atoms with E-state index < -0.39 is 11.7 Å². The third kappa shape index (κ3) is 18.5. The molecule has 440 valence electrons. The maximum Gasteiger partial charge on any atom is 0.417 e. The van der Waals surface area contributed by atoms with E-state index in [4.69, 9.17) is 10.2 Å². The molecule has 0 bridgehead atoms. The third-order valence-corrected chi connectivity index (χ3v) is 13.2. The van der Waals surface area contributed by atoms with Crippen LogP contribution in [-0.4, -0.2) is 27.0 Å². The van der Waals surface area contributed by atoms with Gasteiger partial charge >= 0.3 is 6.18 Å². The second-order valence-electron chi connectivity index (χ2n) is 18.9. The van der Waals surface area contributed by atoms with E-state index in [1.54, 1.807) is 43.6 Å². The molecule has 86 heavy (non-hydrogen) atoms. The molecular weight excluding hydrogens is 1790 g/mol. The van der Waals surface area contributed by atoms with Gasteiger partial charge in [-0.1, -0.05) is 141 Å². The first-order chi connectivity index (χ1) is 41.6. The molecule has 0 unspecified atom stereocenters. The fraction of sp³-hybridized carbons (Fsp3) is 0.0811. The van der Waals surface area contributed by atoms with Crippen LogP contribution in [0, 0.1) is 52.0 Å². The zero-order valence-electron chi connectivity index (χ0n) is 51.1. The van der Waals surface area contributed by atoms with E-state index in [2.05, 4.69) is 120 Å². The maximum atomic E-state index is 13.1. The number of ether oxygens (including phenoxy) is 1. The molecule has 4 heterocycles. The molecule has 4 aromatic heterocycles. The molecule has 0 N–H and O–H groups in total. The second kappa shape index (κ2) is 34.0. The third-order valence-electron chi connectivity index (χ3n) is 13.2. The maximum absolute atomic E-state index is 13.1. The molecule has 0 atom stereocenters. The number of hydrogen-bond donors (Lipinski definition) is 0. The molecule has 0 fully saturated rings. The number of nitrogens with zero attached hydrogens (tertiary/aromatic N) is 4. The predicted octanol–water partition coefficient (Wildman–Crippen LogP) is 19.1. The Hall–Kier alpha value is -7.45. The van der Waals surface area contributed by atoms with Crippen LogP contribution in [0.1, 0.15) is 33.3 Å². The number of alkyl halides is 3. The molecule has 0 spiro atoms. The molecule has 12 aromatic rings. The number of halogens is 3. The fourth-order valence-electron chi connectivity index (χ4n) is 9.14. The van der Waals surface area contributed by atoms with Crippen molar-refractivity contribution < 1.29 is 104 Å². The Morgan fingerprint density at radius 3 is 1.62 bits per heavy atom. The van der Waals surface area contributed by atoms with Crippen molar-refractivity contribution in [2.75, 3.05) is 7.11 Å². The van der Waals surface area contributed by atoms with Gasteiger partial charge in [0.25, 0.3) is 0 Å². The molecule has 0 aliphatic carbocycles. The Kier molecular flexibility index (Phi) is 25.0. The van der Waals surface area contributed by atoms with Gasteiger partial charge in [0.2, 0.25) is 0 Å². The molecule has 0 saturated heterocycles. The molecular formula is C74H57F3Ir4N4O-4. The number of rotatable bonds is 9. The molecule has 12 heteroatoms. The van der Waals surface area contributed by atoms with Gasteiger partial charge in [-0.25, -0.2) is 0 Å². The SMILES string of the molecule is COc1ccccc1-c1ccc(-c2[c-]cccc2)nc1.Cc1c[c-]c(-c2ccc(-c3ccccc3)cn2)c(C)c1.FC(F)(F)c1ccccc1-c1ccnc(-c2[c-]cccc2)c1.[2H]c1[c-]c(-c2ccc(-c3c(C)cccc3C)cn2)c([2H])c([2H])c1[2H].[Ir].[Ir].[Ir].[Ir]. The Morgan fingerprint density at radius 2 is 1.01 bits per heavy atom. The van der Waals surface area contributed by atoms with Gasteiger partial charge in [-0.3, -0.25) is 0 Å². The topological polar surface area (TPSA) is 60.8 Å². The molecule has 12 rings (SSSR count). The summed E-state index contributed by atoms with van der Waals surface area (Å²) in [6.07, 6.45) is 2.66. The average molecular weight is 1850 g/mol. The zero-order chi connectivity index (χ0) is 60.7. The minimum atomic E-state index is -4.39. The van der Waals surface area contributed by atoms with Crippen LogP contribution in [0.4, 0.5) is 13.2 Å². The average Bonchev–Trinajstić information content (AvgIpc) is 1.31. The van der Waals surface area contributed by atoms with E-state index >= 15 is 0 Å². The van der Waals surface area contributed by atoms with Crippen LogP contribution < -0.4 is 4.74 Å². The van der Waals surface area contributed by atoms with Gasteiger partial charge < -0.3 is 24.7 Å². The number of hydrogen-bond acceptors (Lipinski definition) is 5. The number of benzene rings is 8. The van der Waals surface area contributed by atoms with E-state index in [0.717, 1.165) is 78.8 Å². The number of aryl methyl sites for hydroxylation is 4. The standard InChI is InChI=1S/2C19H16N.C18H11F3N.C18H14NO.4Ir/c1-14-7-6-8-15(2)19(14)17-11-12-18(20-13-17)16-9-4-3-5-10-16;1-14-8-10-18(15(2)12-14)19-11-9-17(13-20-19)16-6-4-3-5-7-16;19-18(20,21)16-9-5-4-8-15(16)14-10-11-22-17(12-14)13-6-2-1-3-7-13;1-20-18-10-6-5-9-16(18)15-11-12-17(19-13-15)14-7-3-2-4-8-14;;;;/h2*3-9,11-13H,1-2H3;1-6,8-12H;2-7,9-13H,1H3;;;;/q4*-1;;;;/i3D,4D,5D,9D;;;;;;;. The first kappa shape index (κ1) is 63.1. The normalized spacial score (nSPS) is 10.8. The summed E-state index contributed by atoms with van der Waals surface area (Å²) in [5.41, 5.74) is 17.4. The van der Waals surface area contributed by atoms with Crippen LogP contribution in [0.3, 0.4) is 0 Å². The van der Waals surface area contributed by atoms with Crippen molar-refractivity contribution in [1.29, 1.82) is 0 Å². The van der Waals surface area contributed by atoms with Crippen molar-refractivity contribution in [2.24, 2.45) is 0 Å². The van der Waals surface area contributed by atoms with E-state index in [1.165, 1.54) is 35.0 Å². The molecule has 0 saturated carbocycles. The summed E-state index contributed by atoms with van der Waals surface area (Å²) in [6.45, 7) is 8.29. The van der Waals surface area contributed by atoms with Gasteiger partial charge in [0.1, 0.15) is 5.75 Å². The summed E-state index contributed by atoms with van der Waals surface area (Å²) in [5, 5.41) is 0. The quantitative estimate of drug-likeness (QED) is 0.135. The fourth-order valence-corrected chi connectivity index (χ4v) is 9.14. The minimum Gasteiger partial charge on any atom is -0.496 e. The van der Waals surface area contributed by atoms with Crippen LogP contribution >= 0.6 is 0 Å². The van der Waals surface area contributed by atoms with Crippen molar-refractivity contribution in [3.05, 3.63) is 307 Å². The number of pyridine rings is 4. The molecule has 5 nitrogen and oxygen atoms in total. The Balaban J connectivity index is 0.000000215. The van der Waals surface area contributed by atoms with Crippen LogP contribution in [0.15, 0.2) is 255 Å². The van der Waals surface area contributed by atoms with Crippen molar-refractivity contribution in [3.63, 3.8) is 0 Å². The van der Waals surface area contributed by atoms with Gasteiger partial charge in [0.15, 0.2) is 0 Å². The summed E-state index contributed by atoms with van der Waals surface area (Å²) in [5.74, 6) is 0.855. The molecule has 8 aromatic carbocycles. The zero-order valence-corrected chi connectivity index (χ0v) is 56.7. The predicted molar refractivity (Wildman–Crippen MR) is 326 cm³/mol. The second-order valence-corrected chi connectivity index (χ2v) is 18.9. The van der Waals surface area contributed by atoms with E-state index in [1.807, 2.05) is 122 Å². The van der Waals surface area contributed by atoms with Crippen LogP contribution in [0.25, 0.3) is 89.5 Å². The molecule has 4 radical (unpaired) electrons. The first-order valence-corrected chi connectivity index (χ1v) is 26.3. The molecule has 0 aliphatic heterocycles. The Morgan fingerprint density at radius 1 is 0.442 bits per heavy atom. The van der Waals surface area contributed by atoms with Crippen LogP contribution in [-0.2, 0) is 86.6 Å². The van der Waals surface area contributed by atoms with E-state index in [0.29, 0.717) is 17.0 Å². The summed E-state index contributed by atoms with van der Waals surface area (Å²) in [6, 6.07) is 75.7. The summed E-state index contributed by atoms with van der Waals surface area (Å²) < 4.78 is 75.8. The van der Waals surface area contributed by atoms with Gasteiger partial charge in [-0.2, -0.15) is 13.2 Å². The van der Waals surface area contributed by atoms with E-state index in [9.17, 15) is 13.2 Å². The minimum absolute atomic E-state index is 0. The van der Waals surface area contributed by atoms with Crippen molar-refractivity contribution in [2.45, 2.75) is 33.9 Å². The summed E-state index contributed by atoms with van der Waals surface area (Å²) >= 11 is 0. The largest absolute Gasteiger partial charge is 0.496 e. The summed E-state index contributed by atoms with van der Waals surface area (Å²) in [4.78, 5) is 17.7. The van der Waals surface area contributed by atoms with Crippen molar-refractivity contribution >= 4 is 0 Å². The Labute approximate surface area is 562 Å². The van der Waals surface area contributed by atoms with Gasteiger partial charge in [0, 0.05) is 119 Å². The van der Waals surface area contributed by atoms with Gasteiger partial charge in [0.05, 0.1) is 12.7 Å². The number of aromatic nitrogens is 4.